The monoisotopic (exact) mass is 445 g/mol. The molecule has 0 saturated carbocycles. The van der Waals surface area contributed by atoms with E-state index < -0.39 is 54.5 Å². The molecule has 0 aliphatic rings. The summed E-state index contributed by atoms with van der Waals surface area (Å²) in [4.78, 5) is 48.9. The van der Waals surface area contributed by atoms with Gasteiger partial charge in [0.05, 0.1) is 12.6 Å². The van der Waals surface area contributed by atoms with Crippen molar-refractivity contribution in [1.29, 1.82) is 0 Å². The zero-order valence-corrected chi connectivity index (χ0v) is 18.9. The van der Waals surface area contributed by atoms with Crippen molar-refractivity contribution in [3.05, 3.63) is 0 Å². The van der Waals surface area contributed by atoms with E-state index in [1.165, 1.54) is 0 Å². The summed E-state index contributed by atoms with van der Waals surface area (Å²) in [7, 11) is 0. The topological polar surface area (TPSA) is 197 Å². The molecule has 0 radical (unpaired) electrons. The number of amides is 3. The van der Waals surface area contributed by atoms with Crippen molar-refractivity contribution in [1.82, 2.24) is 16.0 Å². The minimum Gasteiger partial charge on any atom is -0.480 e. The Balaban J connectivity index is 5.24. The smallest absolute Gasteiger partial charge is 0.326 e. The van der Waals surface area contributed by atoms with Gasteiger partial charge in [-0.1, -0.05) is 27.7 Å². The highest BCUT2D eigenvalue weighted by Crippen LogP contribution is 2.07. The Morgan fingerprint density at radius 3 is 1.87 bits per heavy atom. The molecular formula is C20H39N5O6. The summed E-state index contributed by atoms with van der Waals surface area (Å²) >= 11 is 0. The van der Waals surface area contributed by atoms with Crippen molar-refractivity contribution in [3.63, 3.8) is 0 Å². The van der Waals surface area contributed by atoms with Crippen molar-refractivity contribution in [2.75, 3.05) is 13.2 Å². The van der Waals surface area contributed by atoms with Crippen LogP contribution in [0.3, 0.4) is 0 Å². The van der Waals surface area contributed by atoms with E-state index in [4.69, 9.17) is 11.5 Å². The van der Waals surface area contributed by atoms with Gasteiger partial charge in [-0.2, -0.15) is 0 Å². The molecule has 0 fully saturated rings. The molecule has 180 valence electrons. The molecule has 0 aliphatic heterocycles. The molecule has 0 aromatic carbocycles. The number of carbonyl (C=O) groups is 4. The van der Waals surface area contributed by atoms with Crippen LogP contribution in [0.1, 0.15) is 53.4 Å². The summed E-state index contributed by atoms with van der Waals surface area (Å²) in [5.74, 6) is -3.40. The van der Waals surface area contributed by atoms with E-state index in [1.807, 2.05) is 13.8 Å². The molecule has 4 atom stereocenters. The van der Waals surface area contributed by atoms with Crippen LogP contribution in [0, 0.1) is 11.8 Å². The predicted octanol–water partition coefficient (Wildman–Crippen LogP) is -1.32. The highest BCUT2D eigenvalue weighted by atomic mass is 16.4. The lowest BCUT2D eigenvalue weighted by molar-refractivity contribution is -0.143. The molecule has 0 heterocycles. The van der Waals surface area contributed by atoms with Crippen LogP contribution in [0.2, 0.25) is 0 Å². The average Bonchev–Trinajstić information content (AvgIpc) is 2.67. The van der Waals surface area contributed by atoms with Crippen molar-refractivity contribution in [3.8, 4) is 0 Å². The molecule has 0 aromatic rings. The van der Waals surface area contributed by atoms with Crippen molar-refractivity contribution >= 4 is 23.7 Å². The lowest BCUT2D eigenvalue weighted by Gasteiger charge is -2.25. The molecule has 0 saturated heterocycles. The second-order valence-electron chi connectivity index (χ2n) is 8.39. The Labute approximate surface area is 183 Å². The summed E-state index contributed by atoms with van der Waals surface area (Å²) in [5.41, 5.74) is 11.3. The maximum absolute atomic E-state index is 12.7. The molecular weight excluding hydrogens is 406 g/mol. The van der Waals surface area contributed by atoms with Crippen LogP contribution in [0.4, 0.5) is 0 Å². The van der Waals surface area contributed by atoms with Gasteiger partial charge in [0.15, 0.2) is 0 Å². The molecule has 0 aliphatic carbocycles. The quantitative estimate of drug-likeness (QED) is 0.150. The second-order valence-corrected chi connectivity index (χ2v) is 8.39. The Bertz CT molecular complexity index is 599. The number of nitrogens with two attached hydrogens (primary N) is 2. The number of aliphatic carboxylic acids is 1. The van der Waals surface area contributed by atoms with Crippen LogP contribution < -0.4 is 27.4 Å². The zero-order valence-electron chi connectivity index (χ0n) is 18.9. The van der Waals surface area contributed by atoms with E-state index in [0.717, 1.165) is 0 Å². The van der Waals surface area contributed by atoms with Crippen LogP contribution in [0.15, 0.2) is 0 Å². The third-order valence-corrected chi connectivity index (χ3v) is 4.69. The third-order valence-electron chi connectivity index (χ3n) is 4.69. The fourth-order valence-electron chi connectivity index (χ4n) is 2.89. The minimum atomic E-state index is -1.30. The molecule has 0 bridgehead atoms. The summed E-state index contributed by atoms with van der Waals surface area (Å²) in [6.45, 7) is 6.81. The lowest BCUT2D eigenvalue weighted by atomic mass is 10.0. The Morgan fingerprint density at radius 2 is 1.42 bits per heavy atom. The molecule has 31 heavy (non-hydrogen) atoms. The molecule has 0 rings (SSSR count). The van der Waals surface area contributed by atoms with Gasteiger partial charge in [0, 0.05) is 0 Å². The first-order valence-electron chi connectivity index (χ1n) is 10.6. The average molecular weight is 446 g/mol. The zero-order chi connectivity index (χ0) is 24.1. The number of hydrogen-bond donors (Lipinski definition) is 7. The number of aliphatic hydroxyl groups is 1. The molecule has 4 unspecified atom stereocenters. The minimum absolute atomic E-state index is 0.168. The lowest BCUT2D eigenvalue weighted by Crippen LogP contribution is -2.58. The van der Waals surface area contributed by atoms with Gasteiger partial charge >= 0.3 is 5.97 Å². The first kappa shape index (κ1) is 28.8. The molecule has 11 nitrogen and oxygen atoms in total. The second kappa shape index (κ2) is 14.7. The first-order valence-corrected chi connectivity index (χ1v) is 10.6. The molecule has 0 aromatic heterocycles. The van der Waals surface area contributed by atoms with Gasteiger partial charge in [0.2, 0.25) is 17.7 Å². The summed E-state index contributed by atoms with van der Waals surface area (Å²) < 4.78 is 0. The van der Waals surface area contributed by atoms with Crippen LogP contribution in [0.25, 0.3) is 0 Å². The van der Waals surface area contributed by atoms with Crippen molar-refractivity contribution in [2.24, 2.45) is 23.3 Å². The van der Waals surface area contributed by atoms with E-state index in [1.54, 1.807) is 13.8 Å². The third kappa shape index (κ3) is 11.1. The normalized spacial score (nSPS) is 15.1. The van der Waals surface area contributed by atoms with Crippen molar-refractivity contribution < 1.29 is 29.4 Å². The summed E-state index contributed by atoms with van der Waals surface area (Å²) in [5, 5.41) is 26.2. The van der Waals surface area contributed by atoms with Crippen LogP contribution in [-0.2, 0) is 19.2 Å². The summed E-state index contributed by atoms with van der Waals surface area (Å²) in [6.07, 6.45) is 1.75. The number of unbranched alkanes of at least 4 members (excludes halogenated alkanes) is 1. The van der Waals surface area contributed by atoms with E-state index in [-0.39, 0.29) is 18.3 Å². The predicted molar refractivity (Wildman–Crippen MR) is 116 cm³/mol. The number of hydrogen-bond acceptors (Lipinski definition) is 7. The number of carbonyl (C=O) groups excluding carboxylic acids is 3. The Kier molecular flexibility index (Phi) is 13.6. The fourth-order valence-corrected chi connectivity index (χ4v) is 2.89. The van der Waals surface area contributed by atoms with Gasteiger partial charge in [-0.25, -0.2) is 4.79 Å². The van der Waals surface area contributed by atoms with E-state index in [9.17, 15) is 29.4 Å². The van der Waals surface area contributed by atoms with Gasteiger partial charge in [-0.15, -0.1) is 0 Å². The molecule has 3 amide bonds. The number of carboxylic acid groups (broad SMARTS) is 1. The van der Waals surface area contributed by atoms with Crippen LogP contribution in [0.5, 0.6) is 0 Å². The van der Waals surface area contributed by atoms with Gasteiger partial charge in [0.25, 0.3) is 0 Å². The number of carboxylic acids is 1. The molecule has 0 spiro atoms. The van der Waals surface area contributed by atoms with Crippen LogP contribution >= 0.6 is 0 Å². The van der Waals surface area contributed by atoms with Gasteiger partial charge < -0.3 is 37.6 Å². The SMILES string of the molecule is CC(C)CC(N)C(=O)NC(CO)C(=O)NC(CCCCN)C(=O)NC(C(=O)O)C(C)C. The van der Waals surface area contributed by atoms with E-state index in [2.05, 4.69) is 16.0 Å². The maximum atomic E-state index is 12.7. The van der Waals surface area contributed by atoms with Gasteiger partial charge in [-0.05, 0) is 44.1 Å². The highest BCUT2D eigenvalue weighted by molar-refractivity contribution is 5.94. The van der Waals surface area contributed by atoms with Gasteiger partial charge in [0.1, 0.15) is 18.1 Å². The summed E-state index contributed by atoms with van der Waals surface area (Å²) in [6, 6.07) is -4.30. The maximum Gasteiger partial charge on any atom is 0.326 e. The van der Waals surface area contributed by atoms with E-state index in [0.29, 0.717) is 25.8 Å². The number of nitrogens with one attached hydrogen (secondary N) is 3. The first-order chi connectivity index (χ1) is 14.4. The van der Waals surface area contributed by atoms with Crippen LogP contribution in [-0.4, -0.2) is 71.2 Å². The molecule has 9 N–H and O–H groups in total. The fraction of sp³-hybridized carbons (Fsp3) is 0.800. The van der Waals surface area contributed by atoms with Crippen molar-refractivity contribution in [2.45, 2.75) is 77.5 Å². The Hall–Kier alpha value is -2.24. The highest BCUT2D eigenvalue weighted by Gasteiger charge is 2.30. The Morgan fingerprint density at radius 1 is 0.871 bits per heavy atom. The van der Waals surface area contributed by atoms with Gasteiger partial charge in [-0.3, -0.25) is 14.4 Å². The van der Waals surface area contributed by atoms with E-state index >= 15 is 0 Å². The molecule has 11 heteroatoms. The standard InChI is InChI=1S/C20H39N5O6/c1-11(2)9-13(22)17(27)24-15(10-26)19(29)23-14(7-5-6-8-21)18(28)25-16(12(3)4)20(30)31/h11-16,26H,5-10,21-22H2,1-4H3,(H,23,29)(H,24,27)(H,25,28)(H,30,31). The number of aliphatic hydroxyl groups excluding tert-OH is 1. The number of rotatable bonds is 15. The largest absolute Gasteiger partial charge is 0.480 e.